The zero-order valence-corrected chi connectivity index (χ0v) is 14.3. The summed E-state index contributed by atoms with van der Waals surface area (Å²) in [6.07, 6.45) is 4.02. The lowest BCUT2D eigenvalue weighted by molar-refractivity contribution is 0.423. The predicted octanol–water partition coefficient (Wildman–Crippen LogP) is 3.75. The average molecular weight is 293 g/mol. The van der Waals surface area contributed by atoms with Gasteiger partial charge in [0, 0.05) is 12.1 Å². The second-order valence-electron chi connectivity index (χ2n) is 7.32. The molecule has 1 aromatic rings. The topological polar surface area (TPSA) is 75.9 Å². The molecule has 0 spiro atoms. The van der Waals surface area contributed by atoms with E-state index in [9.17, 15) is 0 Å². The molecular weight excluding hydrogens is 262 g/mol. The van der Waals surface area contributed by atoms with Crippen LogP contribution >= 0.6 is 0 Å². The highest BCUT2D eigenvalue weighted by Gasteiger charge is 2.13. The number of nitrogens with two attached hydrogens (primary N) is 1. The maximum absolute atomic E-state index is 5.94. The van der Waals surface area contributed by atoms with E-state index >= 15 is 0 Å². The summed E-state index contributed by atoms with van der Waals surface area (Å²) in [6, 6.07) is 0. The standard InChI is InChI=1S/C16H31N5/c1-11(2)9-12(3)7-8-18-14-13(17)10-19-15(20-14)21-16(4,5)6/h10-12H,7-9,17H2,1-6H3,(H2,18,19,20,21). The third kappa shape index (κ3) is 7.16. The van der Waals surface area contributed by atoms with Gasteiger partial charge in [0.1, 0.15) is 0 Å². The quantitative estimate of drug-likeness (QED) is 0.713. The lowest BCUT2D eigenvalue weighted by Gasteiger charge is -2.21. The van der Waals surface area contributed by atoms with Gasteiger partial charge in [0.25, 0.3) is 0 Å². The molecule has 0 bridgehead atoms. The van der Waals surface area contributed by atoms with Crippen LogP contribution in [0.4, 0.5) is 17.5 Å². The molecule has 5 heteroatoms. The van der Waals surface area contributed by atoms with Crippen LogP contribution in [0.1, 0.15) is 54.4 Å². The second-order valence-corrected chi connectivity index (χ2v) is 7.32. The maximum atomic E-state index is 5.94. The van der Waals surface area contributed by atoms with E-state index < -0.39 is 0 Å². The Balaban J connectivity index is 2.56. The van der Waals surface area contributed by atoms with Crippen molar-refractivity contribution in [2.75, 3.05) is 22.9 Å². The molecule has 1 unspecified atom stereocenters. The average Bonchev–Trinajstić information content (AvgIpc) is 2.30. The van der Waals surface area contributed by atoms with E-state index in [1.165, 1.54) is 6.42 Å². The minimum Gasteiger partial charge on any atom is -0.394 e. The van der Waals surface area contributed by atoms with Crippen LogP contribution in [-0.4, -0.2) is 22.1 Å². The molecule has 0 aromatic carbocycles. The highest BCUT2D eigenvalue weighted by molar-refractivity contribution is 5.61. The first kappa shape index (κ1) is 17.5. The van der Waals surface area contributed by atoms with Crippen LogP contribution in [0.5, 0.6) is 0 Å². The molecule has 1 heterocycles. The van der Waals surface area contributed by atoms with Gasteiger partial charge in [-0.1, -0.05) is 20.8 Å². The van der Waals surface area contributed by atoms with Crippen molar-refractivity contribution in [1.82, 2.24) is 9.97 Å². The van der Waals surface area contributed by atoms with Gasteiger partial charge in [-0.05, 0) is 45.4 Å². The Kier molecular flexibility index (Phi) is 6.24. The summed E-state index contributed by atoms with van der Waals surface area (Å²) in [5, 5.41) is 6.58. The second kappa shape index (κ2) is 7.48. The number of nitrogens with zero attached hydrogens (tertiary/aromatic N) is 2. The molecule has 1 atom stereocenters. The molecular formula is C16H31N5. The molecule has 0 saturated carbocycles. The molecule has 120 valence electrons. The molecule has 0 aliphatic carbocycles. The first-order chi connectivity index (χ1) is 9.67. The van der Waals surface area contributed by atoms with Crippen molar-refractivity contribution in [2.24, 2.45) is 11.8 Å². The van der Waals surface area contributed by atoms with Crippen molar-refractivity contribution in [3.63, 3.8) is 0 Å². The molecule has 5 nitrogen and oxygen atoms in total. The molecule has 4 N–H and O–H groups in total. The molecule has 0 amide bonds. The van der Waals surface area contributed by atoms with Gasteiger partial charge in [0.05, 0.1) is 11.9 Å². The van der Waals surface area contributed by atoms with Crippen LogP contribution in [-0.2, 0) is 0 Å². The Morgan fingerprint density at radius 1 is 1.24 bits per heavy atom. The molecule has 21 heavy (non-hydrogen) atoms. The summed E-state index contributed by atoms with van der Waals surface area (Å²) in [5.74, 6) is 2.77. The number of nitrogen functional groups attached to an aromatic ring is 1. The fourth-order valence-corrected chi connectivity index (χ4v) is 2.29. The minimum atomic E-state index is -0.0703. The van der Waals surface area contributed by atoms with Crippen molar-refractivity contribution < 1.29 is 0 Å². The van der Waals surface area contributed by atoms with E-state index in [1.54, 1.807) is 6.20 Å². The van der Waals surface area contributed by atoms with E-state index in [-0.39, 0.29) is 5.54 Å². The minimum absolute atomic E-state index is 0.0703. The van der Waals surface area contributed by atoms with Crippen molar-refractivity contribution in [3.8, 4) is 0 Å². The molecule has 0 radical (unpaired) electrons. The van der Waals surface area contributed by atoms with Gasteiger partial charge in [-0.15, -0.1) is 0 Å². The summed E-state index contributed by atoms with van der Waals surface area (Å²) in [4.78, 5) is 8.68. The number of hydrogen-bond acceptors (Lipinski definition) is 5. The van der Waals surface area contributed by atoms with Crippen molar-refractivity contribution in [1.29, 1.82) is 0 Å². The van der Waals surface area contributed by atoms with Crippen LogP contribution in [0.3, 0.4) is 0 Å². The zero-order valence-electron chi connectivity index (χ0n) is 14.3. The summed E-state index contributed by atoms with van der Waals surface area (Å²) >= 11 is 0. The van der Waals surface area contributed by atoms with Gasteiger partial charge in [0.2, 0.25) is 5.95 Å². The number of hydrogen-bond donors (Lipinski definition) is 3. The molecule has 1 rings (SSSR count). The SMILES string of the molecule is CC(C)CC(C)CCNc1nc(NC(C)(C)C)ncc1N. The number of rotatable bonds is 7. The number of nitrogens with one attached hydrogen (secondary N) is 2. The molecule has 0 saturated heterocycles. The Bertz CT molecular complexity index is 437. The lowest BCUT2D eigenvalue weighted by Crippen LogP contribution is -2.27. The monoisotopic (exact) mass is 293 g/mol. The van der Waals surface area contributed by atoms with Crippen molar-refractivity contribution in [2.45, 2.75) is 59.9 Å². The van der Waals surface area contributed by atoms with Crippen LogP contribution in [0.2, 0.25) is 0 Å². The zero-order chi connectivity index (χ0) is 16.0. The van der Waals surface area contributed by atoms with Gasteiger partial charge in [-0.3, -0.25) is 0 Å². The smallest absolute Gasteiger partial charge is 0.225 e. The normalized spacial score (nSPS) is 13.3. The maximum Gasteiger partial charge on any atom is 0.225 e. The third-order valence-electron chi connectivity index (χ3n) is 3.11. The Morgan fingerprint density at radius 3 is 2.48 bits per heavy atom. The summed E-state index contributed by atoms with van der Waals surface area (Å²) in [7, 11) is 0. The molecule has 1 aromatic heterocycles. The fourth-order valence-electron chi connectivity index (χ4n) is 2.29. The van der Waals surface area contributed by atoms with Gasteiger partial charge in [-0.2, -0.15) is 4.98 Å². The predicted molar refractivity (Wildman–Crippen MR) is 91.5 cm³/mol. The van der Waals surface area contributed by atoms with Gasteiger partial charge in [-0.25, -0.2) is 4.98 Å². The summed E-state index contributed by atoms with van der Waals surface area (Å²) in [6.45, 7) is 13.9. The van der Waals surface area contributed by atoms with Crippen LogP contribution in [0.25, 0.3) is 0 Å². The van der Waals surface area contributed by atoms with Crippen LogP contribution in [0.15, 0.2) is 6.20 Å². The van der Waals surface area contributed by atoms with Gasteiger partial charge < -0.3 is 16.4 Å². The first-order valence-electron chi connectivity index (χ1n) is 7.82. The third-order valence-corrected chi connectivity index (χ3v) is 3.11. The van der Waals surface area contributed by atoms with Gasteiger partial charge >= 0.3 is 0 Å². The Morgan fingerprint density at radius 2 is 1.90 bits per heavy atom. The van der Waals surface area contributed by atoms with E-state index in [0.717, 1.165) is 18.9 Å². The fraction of sp³-hybridized carbons (Fsp3) is 0.750. The number of aromatic nitrogens is 2. The molecule has 0 aliphatic heterocycles. The van der Waals surface area contributed by atoms with E-state index in [4.69, 9.17) is 5.73 Å². The summed E-state index contributed by atoms with van der Waals surface area (Å²) < 4.78 is 0. The van der Waals surface area contributed by atoms with E-state index in [0.29, 0.717) is 23.4 Å². The lowest BCUT2D eigenvalue weighted by atomic mass is 9.96. The molecule has 0 aliphatic rings. The highest BCUT2D eigenvalue weighted by atomic mass is 15.2. The number of anilines is 3. The van der Waals surface area contributed by atoms with Crippen LogP contribution < -0.4 is 16.4 Å². The summed E-state index contributed by atoms with van der Waals surface area (Å²) in [5.41, 5.74) is 6.45. The molecule has 0 fully saturated rings. The van der Waals surface area contributed by atoms with E-state index in [2.05, 4.69) is 62.1 Å². The van der Waals surface area contributed by atoms with Gasteiger partial charge in [0.15, 0.2) is 5.82 Å². The van der Waals surface area contributed by atoms with Crippen molar-refractivity contribution in [3.05, 3.63) is 6.20 Å². The highest BCUT2D eigenvalue weighted by Crippen LogP contribution is 2.19. The Labute approximate surface area is 129 Å². The largest absolute Gasteiger partial charge is 0.394 e. The van der Waals surface area contributed by atoms with Crippen LogP contribution in [0, 0.1) is 11.8 Å². The first-order valence-corrected chi connectivity index (χ1v) is 7.82. The van der Waals surface area contributed by atoms with Crippen molar-refractivity contribution >= 4 is 17.5 Å². The Hall–Kier alpha value is -1.52. The van der Waals surface area contributed by atoms with E-state index in [1.807, 2.05) is 0 Å².